The molecule has 5 nitrogen and oxygen atoms in total. The first kappa shape index (κ1) is 12.4. The van der Waals surface area contributed by atoms with Crippen molar-refractivity contribution in [2.45, 2.75) is 44.7 Å². The molecule has 1 saturated heterocycles. The van der Waals surface area contributed by atoms with Crippen LogP contribution in [0.1, 0.15) is 32.6 Å². The number of rotatable bonds is 4. The predicted molar refractivity (Wildman–Crippen MR) is 64.4 cm³/mol. The summed E-state index contributed by atoms with van der Waals surface area (Å²) in [6, 6.07) is 0.695. The third-order valence-corrected chi connectivity index (χ3v) is 3.30. The number of nitrogens with one attached hydrogen (secondary N) is 2. The molecule has 0 spiro atoms. The number of hydrogen-bond acceptors (Lipinski definition) is 3. The predicted octanol–water partition coefficient (Wildman–Crippen LogP) is -0.134. The van der Waals surface area contributed by atoms with Crippen LogP contribution < -0.4 is 10.6 Å². The second kappa shape index (κ2) is 5.49. The smallest absolute Gasteiger partial charge is 0.236 e. The van der Waals surface area contributed by atoms with Crippen LogP contribution in [0.5, 0.6) is 0 Å². The zero-order valence-corrected chi connectivity index (χ0v) is 10.4. The van der Waals surface area contributed by atoms with Crippen molar-refractivity contribution >= 4 is 11.8 Å². The molecule has 1 atom stereocenters. The van der Waals surface area contributed by atoms with Gasteiger partial charge in [0.15, 0.2) is 0 Å². The number of nitrogens with zero attached hydrogens (tertiary/aromatic N) is 1. The van der Waals surface area contributed by atoms with Crippen molar-refractivity contribution in [1.29, 1.82) is 0 Å². The minimum Gasteiger partial charge on any atom is -0.352 e. The number of amides is 2. The lowest BCUT2D eigenvalue weighted by atomic mass is 10.1. The van der Waals surface area contributed by atoms with Gasteiger partial charge in [0.1, 0.15) is 0 Å². The summed E-state index contributed by atoms with van der Waals surface area (Å²) in [7, 11) is 0. The lowest BCUT2D eigenvalue weighted by Gasteiger charge is -2.33. The molecule has 0 unspecified atom stereocenters. The first-order valence-electron chi connectivity index (χ1n) is 6.43. The quantitative estimate of drug-likeness (QED) is 0.718. The van der Waals surface area contributed by atoms with E-state index in [1.165, 1.54) is 19.8 Å². The highest BCUT2D eigenvalue weighted by Crippen LogP contribution is 2.18. The van der Waals surface area contributed by atoms with E-state index in [1.807, 2.05) is 4.90 Å². The minimum absolute atomic E-state index is 0.0135. The lowest BCUT2D eigenvalue weighted by Crippen LogP contribution is -2.51. The molecule has 5 heteroatoms. The van der Waals surface area contributed by atoms with Crippen LogP contribution in [0, 0.1) is 0 Å². The van der Waals surface area contributed by atoms with E-state index in [1.54, 1.807) is 0 Å². The average molecular weight is 239 g/mol. The zero-order chi connectivity index (χ0) is 12.3. The van der Waals surface area contributed by atoms with Crippen LogP contribution in [0.2, 0.25) is 0 Å². The van der Waals surface area contributed by atoms with Gasteiger partial charge in [-0.05, 0) is 25.7 Å². The van der Waals surface area contributed by atoms with E-state index in [2.05, 4.69) is 10.6 Å². The Morgan fingerprint density at radius 3 is 2.65 bits per heavy atom. The minimum atomic E-state index is -0.0135. The summed E-state index contributed by atoms with van der Waals surface area (Å²) in [6.07, 6.45) is 4.34. The molecule has 96 valence electrons. The highest BCUT2D eigenvalue weighted by atomic mass is 16.2. The Morgan fingerprint density at radius 1 is 1.24 bits per heavy atom. The first-order valence-corrected chi connectivity index (χ1v) is 6.43. The van der Waals surface area contributed by atoms with Gasteiger partial charge >= 0.3 is 0 Å². The van der Waals surface area contributed by atoms with Gasteiger partial charge in [0, 0.05) is 32.1 Å². The highest BCUT2D eigenvalue weighted by molar-refractivity contribution is 5.78. The van der Waals surface area contributed by atoms with E-state index in [0.717, 1.165) is 19.4 Å². The molecular weight excluding hydrogens is 218 g/mol. The molecule has 0 aromatic carbocycles. The van der Waals surface area contributed by atoms with Gasteiger partial charge in [-0.2, -0.15) is 0 Å². The van der Waals surface area contributed by atoms with Crippen LogP contribution in [0.3, 0.4) is 0 Å². The van der Waals surface area contributed by atoms with E-state index in [-0.39, 0.29) is 17.9 Å². The fourth-order valence-corrected chi connectivity index (χ4v) is 2.24. The summed E-state index contributed by atoms with van der Waals surface area (Å²) >= 11 is 0. The molecule has 0 aromatic heterocycles. The lowest BCUT2D eigenvalue weighted by molar-refractivity contribution is -0.132. The monoisotopic (exact) mass is 239 g/mol. The van der Waals surface area contributed by atoms with E-state index < -0.39 is 0 Å². The van der Waals surface area contributed by atoms with Gasteiger partial charge in [-0.1, -0.05) is 0 Å². The largest absolute Gasteiger partial charge is 0.352 e. The Morgan fingerprint density at radius 2 is 2.00 bits per heavy atom. The molecule has 17 heavy (non-hydrogen) atoms. The van der Waals surface area contributed by atoms with Crippen molar-refractivity contribution in [3.63, 3.8) is 0 Å². The van der Waals surface area contributed by atoms with E-state index in [0.29, 0.717) is 19.1 Å². The van der Waals surface area contributed by atoms with Crippen molar-refractivity contribution in [1.82, 2.24) is 15.5 Å². The van der Waals surface area contributed by atoms with E-state index >= 15 is 0 Å². The summed E-state index contributed by atoms with van der Waals surface area (Å²) in [5.41, 5.74) is 0. The van der Waals surface area contributed by atoms with Crippen LogP contribution in [0.15, 0.2) is 0 Å². The highest BCUT2D eigenvalue weighted by Gasteiger charge is 2.26. The Labute approximate surface area is 102 Å². The fourth-order valence-electron chi connectivity index (χ4n) is 2.24. The maximum absolute atomic E-state index is 11.9. The zero-order valence-electron chi connectivity index (χ0n) is 10.4. The maximum Gasteiger partial charge on any atom is 0.236 e. The van der Waals surface area contributed by atoms with Crippen molar-refractivity contribution < 1.29 is 9.59 Å². The van der Waals surface area contributed by atoms with Gasteiger partial charge < -0.3 is 15.5 Å². The number of carbonyl (C=O) groups is 2. The SMILES string of the molecule is CC(=O)N[C@H]1CCCN(C(=O)CNC2CC2)C1. The van der Waals surface area contributed by atoms with Crippen LogP contribution in [-0.4, -0.2) is 48.4 Å². The third-order valence-electron chi connectivity index (χ3n) is 3.30. The normalized spacial score (nSPS) is 24.5. The van der Waals surface area contributed by atoms with E-state index in [4.69, 9.17) is 0 Å². The van der Waals surface area contributed by atoms with Crippen molar-refractivity contribution in [3.8, 4) is 0 Å². The second-order valence-electron chi connectivity index (χ2n) is 5.03. The summed E-state index contributed by atoms with van der Waals surface area (Å²) in [4.78, 5) is 24.8. The Bertz CT molecular complexity index is 302. The Kier molecular flexibility index (Phi) is 3.99. The molecule has 0 bridgehead atoms. The number of piperidine rings is 1. The number of likely N-dealkylation sites (tertiary alicyclic amines) is 1. The van der Waals surface area contributed by atoms with Crippen molar-refractivity contribution in [2.75, 3.05) is 19.6 Å². The molecule has 1 heterocycles. The van der Waals surface area contributed by atoms with Gasteiger partial charge in [0.25, 0.3) is 0 Å². The third kappa shape index (κ3) is 4.00. The van der Waals surface area contributed by atoms with Crippen molar-refractivity contribution in [3.05, 3.63) is 0 Å². The van der Waals surface area contributed by atoms with Crippen LogP contribution >= 0.6 is 0 Å². The number of hydrogen-bond donors (Lipinski definition) is 2. The van der Waals surface area contributed by atoms with Gasteiger partial charge in [0.2, 0.25) is 11.8 Å². The molecule has 2 aliphatic rings. The van der Waals surface area contributed by atoms with Crippen molar-refractivity contribution in [2.24, 2.45) is 0 Å². The molecule has 1 aliphatic carbocycles. The standard InChI is InChI=1S/C12H21N3O2/c1-9(16)14-11-3-2-6-15(8-11)12(17)7-13-10-4-5-10/h10-11,13H,2-8H2,1H3,(H,14,16)/t11-/m0/s1. The summed E-state index contributed by atoms with van der Waals surface area (Å²) in [5.74, 6) is 0.146. The van der Waals surface area contributed by atoms with Gasteiger partial charge in [-0.25, -0.2) is 0 Å². The van der Waals surface area contributed by atoms with E-state index in [9.17, 15) is 9.59 Å². The summed E-state index contributed by atoms with van der Waals surface area (Å²) in [6.45, 7) is 3.44. The van der Waals surface area contributed by atoms with Gasteiger partial charge in [-0.15, -0.1) is 0 Å². The molecular formula is C12H21N3O2. The van der Waals surface area contributed by atoms with Crippen LogP contribution in [-0.2, 0) is 9.59 Å². The summed E-state index contributed by atoms with van der Waals surface area (Å²) in [5, 5.41) is 6.12. The molecule has 2 N–H and O–H groups in total. The Balaban J connectivity index is 1.74. The summed E-state index contributed by atoms with van der Waals surface area (Å²) < 4.78 is 0. The molecule has 1 saturated carbocycles. The molecule has 1 aliphatic heterocycles. The van der Waals surface area contributed by atoms with Gasteiger partial charge in [0.05, 0.1) is 6.54 Å². The maximum atomic E-state index is 11.9. The van der Waals surface area contributed by atoms with Gasteiger partial charge in [-0.3, -0.25) is 9.59 Å². The molecule has 2 rings (SSSR count). The molecule has 0 aromatic rings. The van der Waals surface area contributed by atoms with Crippen LogP contribution in [0.4, 0.5) is 0 Å². The molecule has 2 amide bonds. The average Bonchev–Trinajstić information content (AvgIpc) is 3.09. The topological polar surface area (TPSA) is 61.4 Å². The first-order chi connectivity index (χ1) is 8.15. The number of carbonyl (C=O) groups excluding carboxylic acids is 2. The van der Waals surface area contributed by atoms with Crippen LogP contribution in [0.25, 0.3) is 0 Å². The fraction of sp³-hybridized carbons (Fsp3) is 0.833. The Hall–Kier alpha value is -1.10. The molecule has 0 radical (unpaired) electrons. The second-order valence-corrected chi connectivity index (χ2v) is 5.03. The molecule has 2 fully saturated rings.